The predicted molar refractivity (Wildman–Crippen MR) is 72.9 cm³/mol. The van der Waals surface area contributed by atoms with E-state index in [4.69, 9.17) is 9.47 Å². The van der Waals surface area contributed by atoms with Crippen molar-refractivity contribution in [3.63, 3.8) is 0 Å². The molecule has 3 aliphatic rings. The van der Waals surface area contributed by atoms with Gasteiger partial charge >= 0.3 is 0 Å². The van der Waals surface area contributed by atoms with E-state index in [1.165, 1.54) is 12.8 Å². The lowest BCUT2D eigenvalue weighted by atomic mass is 9.70. The van der Waals surface area contributed by atoms with E-state index in [0.29, 0.717) is 12.0 Å². The molecule has 2 bridgehead atoms. The maximum Gasteiger partial charge on any atom is 0.163 e. The highest BCUT2D eigenvalue weighted by Gasteiger charge is 2.61. The van der Waals surface area contributed by atoms with Gasteiger partial charge < -0.3 is 9.47 Å². The highest BCUT2D eigenvalue weighted by Crippen LogP contribution is 2.66. The van der Waals surface area contributed by atoms with Crippen LogP contribution in [-0.2, 0) is 14.3 Å². The Morgan fingerprint density at radius 2 is 2.11 bits per heavy atom. The van der Waals surface area contributed by atoms with Gasteiger partial charge in [0.1, 0.15) is 6.61 Å². The van der Waals surface area contributed by atoms with Crippen LogP contribution >= 0.6 is 0 Å². The van der Waals surface area contributed by atoms with E-state index in [0.717, 1.165) is 25.4 Å². The standard InChI is InChI=1S/C16H26O3/c1-15(2)12-4-6-16(15,3)14(8-12)19-10-13(17)11-5-7-18-9-11/h11-12,14H,4-10H2,1-3H3. The molecule has 1 aliphatic heterocycles. The van der Waals surface area contributed by atoms with Gasteiger partial charge in [0.2, 0.25) is 0 Å². The Labute approximate surface area is 116 Å². The summed E-state index contributed by atoms with van der Waals surface area (Å²) in [5.74, 6) is 1.09. The Morgan fingerprint density at radius 1 is 1.32 bits per heavy atom. The molecule has 2 aliphatic carbocycles. The number of fused-ring (bicyclic) bond motifs is 2. The summed E-state index contributed by atoms with van der Waals surface area (Å²) >= 11 is 0. The normalized spacial score (nSPS) is 43.8. The van der Waals surface area contributed by atoms with Gasteiger partial charge in [-0.3, -0.25) is 4.79 Å². The van der Waals surface area contributed by atoms with Crippen LogP contribution in [0.1, 0.15) is 46.5 Å². The van der Waals surface area contributed by atoms with Gasteiger partial charge in [-0.05, 0) is 42.4 Å². The molecule has 0 radical (unpaired) electrons. The maximum absolute atomic E-state index is 12.1. The molecule has 0 aromatic heterocycles. The lowest BCUT2D eigenvalue weighted by Crippen LogP contribution is -2.38. The van der Waals surface area contributed by atoms with E-state index in [1.807, 2.05) is 0 Å². The molecule has 1 saturated heterocycles. The molecule has 3 heteroatoms. The first-order chi connectivity index (χ1) is 8.95. The molecular weight excluding hydrogens is 240 g/mol. The van der Waals surface area contributed by atoms with Crippen molar-refractivity contribution in [2.24, 2.45) is 22.7 Å². The predicted octanol–water partition coefficient (Wildman–Crippen LogP) is 2.82. The van der Waals surface area contributed by atoms with Crippen molar-refractivity contribution >= 4 is 5.78 Å². The largest absolute Gasteiger partial charge is 0.381 e. The van der Waals surface area contributed by atoms with Crippen LogP contribution in [0.4, 0.5) is 0 Å². The van der Waals surface area contributed by atoms with Crippen LogP contribution < -0.4 is 0 Å². The molecule has 3 rings (SSSR count). The van der Waals surface area contributed by atoms with Crippen LogP contribution in [0.5, 0.6) is 0 Å². The van der Waals surface area contributed by atoms with Crippen molar-refractivity contribution in [1.82, 2.24) is 0 Å². The summed E-state index contributed by atoms with van der Waals surface area (Å²) in [4.78, 5) is 12.1. The van der Waals surface area contributed by atoms with Gasteiger partial charge in [0, 0.05) is 12.5 Å². The van der Waals surface area contributed by atoms with Crippen molar-refractivity contribution < 1.29 is 14.3 Å². The van der Waals surface area contributed by atoms with Crippen LogP contribution in [0.25, 0.3) is 0 Å². The molecule has 0 spiro atoms. The van der Waals surface area contributed by atoms with Crippen molar-refractivity contribution in [3.8, 4) is 0 Å². The van der Waals surface area contributed by atoms with E-state index in [2.05, 4.69) is 20.8 Å². The molecule has 2 saturated carbocycles. The number of hydrogen-bond donors (Lipinski definition) is 0. The molecule has 0 amide bonds. The number of carbonyl (C=O) groups is 1. The van der Waals surface area contributed by atoms with Gasteiger partial charge in [-0.15, -0.1) is 0 Å². The molecule has 3 nitrogen and oxygen atoms in total. The molecule has 108 valence electrons. The third-order valence-electron chi connectivity index (χ3n) is 6.53. The van der Waals surface area contributed by atoms with Gasteiger partial charge in [0.15, 0.2) is 5.78 Å². The first-order valence-electron chi connectivity index (χ1n) is 7.67. The number of ketones is 1. The number of ether oxygens (including phenoxy) is 2. The van der Waals surface area contributed by atoms with Gasteiger partial charge in [-0.25, -0.2) is 0 Å². The van der Waals surface area contributed by atoms with E-state index in [9.17, 15) is 4.79 Å². The second-order valence-corrected chi connectivity index (χ2v) is 7.44. The molecule has 0 aromatic rings. The first-order valence-corrected chi connectivity index (χ1v) is 7.67. The summed E-state index contributed by atoms with van der Waals surface area (Å²) in [6.45, 7) is 8.72. The second kappa shape index (κ2) is 4.56. The topological polar surface area (TPSA) is 35.5 Å². The molecule has 19 heavy (non-hydrogen) atoms. The third kappa shape index (κ3) is 1.97. The summed E-state index contributed by atoms with van der Waals surface area (Å²) in [5.41, 5.74) is 0.612. The zero-order valence-corrected chi connectivity index (χ0v) is 12.4. The van der Waals surface area contributed by atoms with Gasteiger partial charge in [0.05, 0.1) is 12.7 Å². The summed E-state index contributed by atoms with van der Waals surface area (Å²) < 4.78 is 11.3. The highest BCUT2D eigenvalue weighted by molar-refractivity contribution is 5.82. The second-order valence-electron chi connectivity index (χ2n) is 7.44. The minimum Gasteiger partial charge on any atom is -0.381 e. The SMILES string of the molecule is CC1(C)C2CCC1(C)C(OCC(=O)C1CCOC1)C2. The molecule has 4 unspecified atom stereocenters. The molecule has 1 heterocycles. The Kier molecular flexibility index (Phi) is 3.25. The molecule has 4 atom stereocenters. The number of hydrogen-bond acceptors (Lipinski definition) is 3. The lowest BCUT2D eigenvalue weighted by molar-refractivity contribution is -0.133. The fourth-order valence-electron chi connectivity index (χ4n) is 4.47. The Balaban J connectivity index is 1.58. The summed E-state index contributed by atoms with van der Waals surface area (Å²) in [6, 6.07) is 0. The Hall–Kier alpha value is -0.410. The van der Waals surface area contributed by atoms with Crippen molar-refractivity contribution in [3.05, 3.63) is 0 Å². The number of rotatable bonds is 4. The Morgan fingerprint density at radius 3 is 2.63 bits per heavy atom. The summed E-state index contributed by atoms with van der Waals surface area (Å²) in [6.07, 6.45) is 4.85. The molecular formula is C16H26O3. The number of Topliss-reactive ketones (excluding diaryl/α,β-unsaturated/α-hetero) is 1. The van der Waals surface area contributed by atoms with E-state index >= 15 is 0 Å². The van der Waals surface area contributed by atoms with Crippen LogP contribution in [0.15, 0.2) is 0 Å². The van der Waals surface area contributed by atoms with Gasteiger partial charge in [-0.2, -0.15) is 0 Å². The minimum atomic E-state index is 0.0828. The average Bonchev–Trinajstić information content (AvgIpc) is 3.01. The number of carbonyl (C=O) groups excluding carboxylic acids is 1. The summed E-state index contributed by atoms with van der Waals surface area (Å²) in [7, 11) is 0. The zero-order valence-electron chi connectivity index (χ0n) is 12.4. The van der Waals surface area contributed by atoms with E-state index in [-0.39, 0.29) is 29.8 Å². The van der Waals surface area contributed by atoms with Crippen LogP contribution in [-0.4, -0.2) is 31.7 Å². The molecule has 0 aromatic carbocycles. The smallest absolute Gasteiger partial charge is 0.163 e. The van der Waals surface area contributed by atoms with E-state index in [1.54, 1.807) is 0 Å². The van der Waals surface area contributed by atoms with Gasteiger partial charge in [0.25, 0.3) is 0 Å². The van der Waals surface area contributed by atoms with Crippen LogP contribution in [0.3, 0.4) is 0 Å². The average molecular weight is 266 g/mol. The Bertz CT molecular complexity index is 370. The summed E-state index contributed by atoms with van der Waals surface area (Å²) in [5, 5.41) is 0. The van der Waals surface area contributed by atoms with Crippen molar-refractivity contribution in [2.45, 2.75) is 52.6 Å². The quantitative estimate of drug-likeness (QED) is 0.785. The van der Waals surface area contributed by atoms with Crippen LogP contribution in [0, 0.1) is 22.7 Å². The third-order valence-corrected chi connectivity index (χ3v) is 6.53. The fourth-order valence-corrected chi connectivity index (χ4v) is 4.47. The lowest BCUT2D eigenvalue weighted by Gasteiger charge is -2.38. The molecule has 3 fully saturated rings. The van der Waals surface area contributed by atoms with Gasteiger partial charge in [-0.1, -0.05) is 20.8 Å². The van der Waals surface area contributed by atoms with E-state index < -0.39 is 0 Å². The fraction of sp³-hybridized carbons (Fsp3) is 0.938. The monoisotopic (exact) mass is 266 g/mol. The zero-order chi connectivity index (χ0) is 13.7. The van der Waals surface area contributed by atoms with Crippen molar-refractivity contribution in [2.75, 3.05) is 19.8 Å². The first kappa shape index (κ1) is 13.6. The van der Waals surface area contributed by atoms with Crippen molar-refractivity contribution in [1.29, 1.82) is 0 Å². The molecule has 0 N–H and O–H groups in total. The van der Waals surface area contributed by atoms with Crippen LogP contribution in [0.2, 0.25) is 0 Å². The minimum absolute atomic E-state index is 0.0828. The highest BCUT2D eigenvalue weighted by atomic mass is 16.5. The maximum atomic E-state index is 12.1.